The molecule has 0 aliphatic rings. The first-order valence-electron chi connectivity index (χ1n) is 6.85. The quantitative estimate of drug-likeness (QED) is 0.665. The maximum atomic E-state index is 11.5. The monoisotopic (exact) mass is 282 g/mol. The molecule has 0 heterocycles. The molecule has 1 N–H and O–H groups in total. The van der Waals surface area contributed by atoms with Crippen molar-refractivity contribution in [3.63, 3.8) is 0 Å². The molecule has 0 amide bonds. The zero-order valence-corrected chi connectivity index (χ0v) is 12.2. The summed E-state index contributed by atoms with van der Waals surface area (Å²) in [6, 6.07) is 14.8. The largest absolute Gasteiger partial charge is 0.494 e. The molecule has 3 nitrogen and oxygen atoms in total. The van der Waals surface area contributed by atoms with Crippen molar-refractivity contribution < 1.29 is 14.6 Å². The van der Waals surface area contributed by atoms with Gasteiger partial charge >= 0.3 is 5.97 Å². The van der Waals surface area contributed by atoms with Crippen LogP contribution in [0, 0.1) is 6.92 Å². The van der Waals surface area contributed by atoms with E-state index in [4.69, 9.17) is 4.74 Å². The number of rotatable bonds is 5. The molecule has 0 bridgehead atoms. The molecule has 0 spiro atoms. The van der Waals surface area contributed by atoms with Crippen LogP contribution < -0.4 is 4.74 Å². The molecule has 0 saturated carbocycles. The highest BCUT2D eigenvalue weighted by Crippen LogP contribution is 2.21. The molecule has 108 valence electrons. The number of ether oxygens (including phenoxy) is 1. The maximum absolute atomic E-state index is 11.5. The van der Waals surface area contributed by atoms with Crippen LogP contribution in [-0.4, -0.2) is 17.7 Å². The van der Waals surface area contributed by atoms with E-state index in [1.54, 1.807) is 6.08 Å². The normalized spacial score (nSPS) is 11.2. The van der Waals surface area contributed by atoms with Crippen LogP contribution in [0.25, 0.3) is 11.6 Å². The standard InChI is InChI=1S/C18H18O3/c1-3-21-16-10-6-14(7-11-16)12-17(18(19)20)15-8-4-13(2)5-9-15/h4-12H,3H2,1-2H3,(H,19,20)/b17-12+. The van der Waals surface area contributed by atoms with Gasteiger partial charge in [0.2, 0.25) is 0 Å². The highest BCUT2D eigenvalue weighted by molar-refractivity contribution is 6.20. The van der Waals surface area contributed by atoms with E-state index in [0.717, 1.165) is 16.9 Å². The lowest BCUT2D eigenvalue weighted by Gasteiger charge is -2.05. The van der Waals surface area contributed by atoms with Crippen LogP contribution in [0.4, 0.5) is 0 Å². The van der Waals surface area contributed by atoms with Crippen LogP contribution in [0.1, 0.15) is 23.6 Å². The van der Waals surface area contributed by atoms with Crippen LogP contribution in [0.2, 0.25) is 0 Å². The second kappa shape index (κ2) is 6.75. The van der Waals surface area contributed by atoms with Crippen molar-refractivity contribution in [2.75, 3.05) is 6.61 Å². The molecule has 3 heteroatoms. The van der Waals surface area contributed by atoms with Gasteiger partial charge in [-0.05, 0) is 43.2 Å². The lowest BCUT2D eigenvalue weighted by molar-refractivity contribution is -0.130. The van der Waals surface area contributed by atoms with Crippen molar-refractivity contribution in [3.8, 4) is 5.75 Å². The minimum atomic E-state index is -0.937. The summed E-state index contributed by atoms with van der Waals surface area (Å²) in [5.74, 6) is -0.158. The SMILES string of the molecule is CCOc1ccc(/C=C(/C(=O)O)c2ccc(C)cc2)cc1. The van der Waals surface area contributed by atoms with Gasteiger partial charge in [-0.25, -0.2) is 4.79 Å². The Bertz CT molecular complexity index is 637. The van der Waals surface area contributed by atoms with Crippen LogP contribution in [0.3, 0.4) is 0 Å². The molecule has 2 rings (SSSR count). The van der Waals surface area contributed by atoms with Gasteiger partial charge in [0, 0.05) is 0 Å². The Morgan fingerprint density at radius 1 is 1.10 bits per heavy atom. The third kappa shape index (κ3) is 3.96. The molecule has 0 saturated heterocycles. The maximum Gasteiger partial charge on any atom is 0.336 e. The van der Waals surface area contributed by atoms with Gasteiger partial charge in [-0.3, -0.25) is 0 Å². The minimum Gasteiger partial charge on any atom is -0.494 e. The van der Waals surface area contributed by atoms with E-state index >= 15 is 0 Å². The number of carbonyl (C=O) groups is 1. The van der Waals surface area contributed by atoms with E-state index in [2.05, 4.69) is 0 Å². The zero-order chi connectivity index (χ0) is 15.2. The molecular formula is C18H18O3. The number of aliphatic carboxylic acids is 1. The molecule has 0 fully saturated rings. The Labute approximate surface area is 124 Å². The zero-order valence-electron chi connectivity index (χ0n) is 12.2. The number of benzene rings is 2. The molecular weight excluding hydrogens is 264 g/mol. The lowest BCUT2D eigenvalue weighted by atomic mass is 10.0. The molecule has 0 unspecified atom stereocenters. The van der Waals surface area contributed by atoms with Gasteiger partial charge in [0.1, 0.15) is 5.75 Å². The van der Waals surface area contributed by atoms with Crippen molar-refractivity contribution in [1.82, 2.24) is 0 Å². The third-order valence-electron chi connectivity index (χ3n) is 3.10. The average molecular weight is 282 g/mol. The van der Waals surface area contributed by atoms with E-state index in [9.17, 15) is 9.90 Å². The van der Waals surface area contributed by atoms with Gasteiger partial charge in [0.25, 0.3) is 0 Å². The topological polar surface area (TPSA) is 46.5 Å². The minimum absolute atomic E-state index is 0.277. The highest BCUT2D eigenvalue weighted by atomic mass is 16.5. The van der Waals surface area contributed by atoms with Gasteiger partial charge in [0.15, 0.2) is 0 Å². The van der Waals surface area contributed by atoms with E-state index in [-0.39, 0.29) is 5.57 Å². The summed E-state index contributed by atoms with van der Waals surface area (Å²) in [6.45, 7) is 4.51. The smallest absolute Gasteiger partial charge is 0.336 e. The van der Waals surface area contributed by atoms with Gasteiger partial charge in [-0.2, -0.15) is 0 Å². The molecule has 0 aliphatic heterocycles. The molecule has 0 aliphatic carbocycles. The Morgan fingerprint density at radius 3 is 2.24 bits per heavy atom. The van der Waals surface area contributed by atoms with E-state index in [1.807, 2.05) is 62.4 Å². The number of aryl methyl sites for hydroxylation is 1. The van der Waals surface area contributed by atoms with Crippen LogP contribution in [-0.2, 0) is 4.79 Å². The second-order valence-electron chi connectivity index (χ2n) is 4.73. The van der Waals surface area contributed by atoms with Gasteiger partial charge in [-0.15, -0.1) is 0 Å². The first-order valence-corrected chi connectivity index (χ1v) is 6.85. The Balaban J connectivity index is 2.33. The fraction of sp³-hybridized carbons (Fsp3) is 0.167. The summed E-state index contributed by atoms with van der Waals surface area (Å²) in [6.07, 6.45) is 1.67. The fourth-order valence-corrected chi connectivity index (χ4v) is 2.00. The van der Waals surface area contributed by atoms with Crippen LogP contribution in [0.5, 0.6) is 5.75 Å². The summed E-state index contributed by atoms with van der Waals surface area (Å²) in [4.78, 5) is 11.5. The van der Waals surface area contributed by atoms with E-state index in [1.165, 1.54) is 0 Å². The van der Waals surface area contributed by atoms with Crippen molar-refractivity contribution >= 4 is 17.6 Å². The fourth-order valence-electron chi connectivity index (χ4n) is 2.00. The predicted octanol–water partition coefficient (Wildman–Crippen LogP) is 4.02. The average Bonchev–Trinajstić information content (AvgIpc) is 2.47. The van der Waals surface area contributed by atoms with E-state index in [0.29, 0.717) is 12.2 Å². The Hall–Kier alpha value is -2.55. The van der Waals surface area contributed by atoms with Gasteiger partial charge in [-0.1, -0.05) is 42.0 Å². The first-order chi connectivity index (χ1) is 10.1. The predicted molar refractivity (Wildman–Crippen MR) is 84.3 cm³/mol. The first kappa shape index (κ1) is 14.9. The molecule has 2 aromatic rings. The summed E-state index contributed by atoms with van der Waals surface area (Å²) in [7, 11) is 0. The van der Waals surface area contributed by atoms with Crippen molar-refractivity contribution in [2.24, 2.45) is 0 Å². The number of carboxylic acid groups (broad SMARTS) is 1. The summed E-state index contributed by atoms with van der Waals surface area (Å²) in [5.41, 5.74) is 2.90. The van der Waals surface area contributed by atoms with Gasteiger partial charge < -0.3 is 9.84 Å². The molecule has 0 radical (unpaired) electrons. The second-order valence-corrected chi connectivity index (χ2v) is 4.73. The van der Waals surface area contributed by atoms with Gasteiger partial charge in [0.05, 0.1) is 12.2 Å². The molecule has 0 aromatic heterocycles. The highest BCUT2D eigenvalue weighted by Gasteiger charge is 2.10. The summed E-state index contributed by atoms with van der Waals surface area (Å²) >= 11 is 0. The molecule has 2 aromatic carbocycles. The van der Waals surface area contributed by atoms with Crippen molar-refractivity contribution in [1.29, 1.82) is 0 Å². The van der Waals surface area contributed by atoms with Crippen LogP contribution in [0.15, 0.2) is 48.5 Å². The molecule has 0 atom stereocenters. The van der Waals surface area contributed by atoms with E-state index < -0.39 is 5.97 Å². The summed E-state index contributed by atoms with van der Waals surface area (Å²) < 4.78 is 5.37. The summed E-state index contributed by atoms with van der Waals surface area (Å²) in [5, 5.41) is 9.40. The number of hydrogen-bond acceptors (Lipinski definition) is 2. The van der Waals surface area contributed by atoms with Crippen molar-refractivity contribution in [2.45, 2.75) is 13.8 Å². The third-order valence-corrected chi connectivity index (χ3v) is 3.10. The Kier molecular flexibility index (Phi) is 4.77. The number of carboxylic acids is 1. The lowest BCUT2D eigenvalue weighted by Crippen LogP contribution is -1.99. The molecule has 21 heavy (non-hydrogen) atoms. The number of hydrogen-bond donors (Lipinski definition) is 1. The van der Waals surface area contributed by atoms with Crippen LogP contribution >= 0.6 is 0 Å². The Morgan fingerprint density at radius 2 is 1.71 bits per heavy atom. The van der Waals surface area contributed by atoms with Crippen molar-refractivity contribution in [3.05, 3.63) is 65.2 Å².